The Balaban J connectivity index is 2.62. The lowest BCUT2D eigenvalue weighted by Gasteiger charge is -2.22. The van der Waals surface area contributed by atoms with E-state index in [2.05, 4.69) is 15.5 Å². The lowest BCUT2D eigenvalue weighted by atomic mass is 10.2. The quantitative estimate of drug-likeness (QED) is 0.361. The molecule has 0 aromatic heterocycles. The Labute approximate surface area is 183 Å². The summed E-state index contributed by atoms with van der Waals surface area (Å²) in [6, 6.07) is 6.81. The van der Waals surface area contributed by atoms with Gasteiger partial charge < -0.3 is 10.2 Å². The molecule has 1 aliphatic rings. The maximum absolute atomic E-state index is 11.7. The molecule has 0 radical (unpaired) electrons. The molecule has 0 unspecified atom stereocenters. The summed E-state index contributed by atoms with van der Waals surface area (Å²) in [6.45, 7) is 6.75. The van der Waals surface area contributed by atoms with Crippen LogP contribution in [0.3, 0.4) is 0 Å². The molecule has 12 heteroatoms. The number of rotatable bonds is 8. The number of nitriles is 1. The first-order chi connectivity index (χ1) is 15.2. The molecule has 0 saturated carbocycles. The largest absolute Gasteiger partial charge is 0.372 e. The molecule has 0 atom stereocenters. The molecule has 166 valence electrons. The van der Waals surface area contributed by atoms with Crippen LogP contribution in [-0.4, -0.2) is 28.8 Å². The number of hydrogen-bond donors (Lipinski definition) is 1. The van der Waals surface area contributed by atoms with E-state index in [4.69, 9.17) is 0 Å². The summed E-state index contributed by atoms with van der Waals surface area (Å²) >= 11 is 0. The highest BCUT2D eigenvalue weighted by molar-refractivity contribution is 5.93. The number of hydrogen-bond acceptors (Lipinski definition) is 9. The van der Waals surface area contributed by atoms with Crippen molar-refractivity contribution < 1.29 is 14.6 Å². The maximum atomic E-state index is 11.7. The summed E-state index contributed by atoms with van der Waals surface area (Å²) in [4.78, 5) is 34.8. The smallest absolute Gasteiger partial charge is 0.304 e. The third kappa shape index (κ3) is 5.60. The van der Waals surface area contributed by atoms with Crippen molar-refractivity contribution in [2.75, 3.05) is 23.3 Å². The number of nitro groups is 2. The standard InChI is InChI=1S/C20H21N7O5/c1-4-25(5-2)15-8-9-17(18(10-15)22-13(3)28)23-24-20-14(12-21)6-7-16(26(29)30)11-19(20)27(31)32/h6,8-11H,4-5,7H2,1-3H3,(H,22,28). The molecule has 0 fully saturated rings. The predicted octanol–water partition coefficient (Wildman–Crippen LogP) is 4.08. The van der Waals surface area contributed by atoms with E-state index in [-0.39, 0.29) is 23.6 Å². The highest BCUT2D eigenvalue weighted by atomic mass is 16.6. The second kappa shape index (κ2) is 10.6. The number of amides is 1. The average molecular weight is 439 g/mol. The fraction of sp³-hybridized carbons (Fsp3) is 0.300. The van der Waals surface area contributed by atoms with E-state index in [9.17, 15) is 30.3 Å². The number of carbonyl (C=O) groups is 1. The fourth-order valence-electron chi connectivity index (χ4n) is 2.99. The van der Waals surface area contributed by atoms with Crippen molar-refractivity contribution in [1.82, 2.24) is 0 Å². The van der Waals surface area contributed by atoms with Crippen LogP contribution in [-0.2, 0) is 4.79 Å². The van der Waals surface area contributed by atoms with Gasteiger partial charge in [-0.25, -0.2) is 0 Å². The summed E-state index contributed by atoms with van der Waals surface area (Å²) in [5.74, 6) is -0.353. The Morgan fingerprint density at radius 3 is 2.44 bits per heavy atom. The van der Waals surface area contributed by atoms with Gasteiger partial charge in [0.2, 0.25) is 5.91 Å². The molecule has 12 nitrogen and oxygen atoms in total. The number of azo groups is 1. The summed E-state index contributed by atoms with van der Waals surface area (Å²) in [5, 5.41) is 42.6. The van der Waals surface area contributed by atoms with E-state index < -0.39 is 26.9 Å². The fourth-order valence-corrected chi connectivity index (χ4v) is 2.99. The van der Waals surface area contributed by atoms with E-state index in [1.54, 1.807) is 24.3 Å². The van der Waals surface area contributed by atoms with Gasteiger partial charge in [0, 0.05) is 25.7 Å². The highest BCUT2D eigenvalue weighted by Crippen LogP contribution is 2.33. The van der Waals surface area contributed by atoms with Crippen LogP contribution in [0.4, 0.5) is 17.1 Å². The van der Waals surface area contributed by atoms with E-state index in [0.29, 0.717) is 5.69 Å². The van der Waals surface area contributed by atoms with E-state index in [0.717, 1.165) is 24.9 Å². The molecule has 0 saturated heterocycles. The summed E-state index contributed by atoms with van der Waals surface area (Å²) in [5.41, 5.74) is -0.430. The molecule has 0 aliphatic heterocycles. The van der Waals surface area contributed by atoms with Crippen LogP contribution in [0.5, 0.6) is 0 Å². The SMILES string of the molecule is CCN(CC)c1ccc(N=NC2=C([N+](=O)[O-])C=C([N+](=O)[O-])CC=C2C#N)c(NC(C)=O)c1. The molecule has 0 spiro atoms. The topological polar surface area (TPSA) is 167 Å². The van der Waals surface area contributed by atoms with Gasteiger partial charge in [-0.05, 0) is 32.0 Å². The van der Waals surface area contributed by atoms with Crippen molar-refractivity contribution in [3.8, 4) is 6.07 Å². The normalized spacial score (nSPS) is 13.7. The second-order valence-electron chi connectivity index (χ2n) is 6.57. The summed E-state index contributed by atoms with van der Waals surface area (Å²) < 4.78 is 0. The Morgan fingerprint density at radius 2 is 1.91 bits per heavy atom. The van der Waals surface area contributed by atoms with Crippen LogP contribution < -0.4 is 10.2 Å². The van der Waals surface area contributed by atoms with Crippen LogP contribution in [0.2, 0.25) is 0 Å². The molecule has 1 amide bonds. The third-order valence-corrected chi connectivity index (χ3v) is 4.55. The number of anilines is 2. The van der Waals surface area contributed by atoms with E-state index >= 15 is 0 Å². The first-order valence-electron chi connectivity index (χ1n) is 9.64. The number of allylic oxidation sites excluding steroid dienone is 3. The Bertz CT molecular complexity index is 1110. The minimum absolute atomic E-state index is 0.200. The molecule has 0 bridgehead atoms. The first-order valence-corrected chi connectivity index (χ1v) is 9.64. The molecule has 32 heavy (non-hydrogen) atoms. The van der Waals surface area contributed by atoms with Gasteiger partial charge in [0.1, 0.15) is 11.8 Å². The zero-order valence-electron chi connectivity index (χ0n) is 17.7. The van der Waals surface area contributed by atoms with Gasteiger partial charge in [0.05, 0.1) is 33.6 Å². The van der Waals surface area contributed by atoms with Crippen LogP contribution in [0.1, 0.15) is 27.2 Å². The maximum Gasteiger partial charge on any atom is 0.304 e. The van der Waals surface area contributed by atoms with Crippen LogP contribution >= 0.6 is 0 Å². The Kier molecular flexibility index (Phi) is 7.89. The van der Waals surface area contributed by atoms with Crippen molar-refractivity contribution in [3.63, 3.8) is 0 Å². The van der Waals surface area contributed by atoms with Gasteiger partial charge >= 0.3 is 5.70 Å². The molecule has 2 rings (SSSR count). The van der Waals surface area contributed by atoms with Gasteiger partial charge in [-0.15, -0.1) is 10.2 Å². The van der Waals surface area contributed by atoms with Gasteiger partial charge in [-0.2, -0.15) is 5.26 Å². The Morgan fingerprint density at radius 1 is 1.22 bits per heavy atom. The van der Waals surface area contributed by atoms with Crippen LogP contribution in [0, 0.1) is 31.6 Å². The number of nitrogens with zero attached hydrogens (tertiary/aromatic N) is 6. The van der Waals surface area contributed by atoms with Crippen molar-refractivity contribution in [3.05, 3.63) is 73.2 Å². The highest BCUT2D eigenvalue weighted by Gasteiger charge is 2.28. The zero-order valence-corrected chi connectivity index (χ0v) is 17.7. The molecule has 1 aliphatic carbocycles. The Hall–Kier alpha value is -4.40. The summed E-state index contributed by atoms with van der Waals surface area (Å²) in [6.07, 6.45) is 1.69. The predicted molar refractivity (Wildman–Crippen MR) is 116 cm³/mol. The van der Waals surface area contributed by atoms with Gasteiger partial charge in [0.25, 0.3) is 5.70 Å². The lowest BCUT2D eigenvalue weighted by Crippen LogP contribution is -2.21. The molecule has 1 aromatic rings. The summed E-state index contributed by atoms with van der Waals surface area (Å²) in [7, 11) is 0. The third-order valence-electron chi connectivity index (χ3n) is 4.55. The zero-order chi connectivity index (χ0) is 23.8. The van der Waals surface area contributed by atoms with Gasteiger partial charge in [-0.1, -0.05) is 6.08 Å². The van der Waals surface area contributed by atoms with Crippen molar-refractivity contribution in [1.29, 1.82) is 5.26 Å². The molecule has 0 heterocycles. The van der Waals surface area contributed by atoms with Gasteiger partial charge in [-0.3, -0.25) is 25.0 Å². The minimum Gasteiger partial charge on any atom is -0.372 e. The van der Waals surface area contributed by atoms with Crippen LogP contribution in [0.15, 0.2) is 63.2 Å². The average Bonchev–Trinajstić information content (AvgIpc) is 2.93. The number of nitrogens with one attached hydrogen (secondary N) is 1. The van der Waals surface area contributed by atoms with Crippen molar-refractivity contribution >= 4 is 23.0 Å². The molecular weight excluding hydrogens is 418 g/mol. The second-order valence-corrected chi connectivity index (χ2v) is 6.57. The van der Waals surface area contributed by atoms with E-state index in [1.165, 1.54) is 13.0 Å². The van der Waals surface area contributed by atoms with E-state index in [1.807, 2.05) is 18.7 Å². The number of carbonyl (C=O) groups excluding carboxylic acids is 1. The monoisotopic (exact) mass is 439 g/mol. The van der Waals surface area contributed by atoms with Crippen molar-refractivity contribution in [2.24, 2.45) is 10.2 Å². The molecule has 1 N–H and O–H groups in total. The number of benzene rings is 1. The molecular formula is C20H21N7O5. The van der Waals surface area contributed by atoms with Crippen LogP contribution in [0.25, 0.3) is 0 Å². The lowest BCUT2D eigenvalue weighted by molar-refractivity contribution is -0.435. The van der Waals surface area contributed by atoms with Gasteiger partial charge in [0.15, 0.2) is 5.70 Å². The van der Waals surface area contributed by atoms with Crippen molar-refractivity contribution in [2.45, 2.75) is 27.2 Å². The minimum atomic E-state index is -0.855. The molecule has 1 aromatic carbocycles. The first kappa shape index (κ1) is 23.9.